The monoisotopic (exact) mass is 315 g/mol. The molecule has 116 valence electrons. The molecular formula is C13H18FN3O3S. The first kappa shape index (κ1) is 15.7. The van der Waals surface area contributed by atoms with Crippen molar-refractivity contribution in [3.8, 4) is 0 Å². The fraction of sp³-hybridized carbons (Fsp3) is 0.462. The van der Waals surface area contributed by atoms with E-state index in [2.05, 4.69) is 5.32 Å². The van der Waals surface area contributed by atoms with Crippen molar-refractivity contribution >= 4 is 21.6 Å². The number of amides is 1. The first-order valence-corrected chi connectivity index (χ1v) is 8.11. The average molecular weight is 315 g/mol. The predicted octanol–water partition coefficient (Wildman–Crippen LogP) is 0.697. The molecule has 0 radical (unpaired) electrons. The number of nitrogen functional groups attached to an aromatic ring is 1. The zero-order valence-electron chi connectivity index (χ0n) is 11.7. The average Bonchev–Trinajstić information content (AvgIpc) is 2.46. The van der Waals surface area contributed by atoms with Crippen LogP contribution in [0.5, 0.6) is 0 Å². The SMILES string of the molecule is CNC(=O)C1CCCCN1S(=O)(=O)c1c(N)cccc1F. The highest BCUT2D eigenvalue weighted by atomic mass is 32.2. The van der Waals surface area contributed by atoms with E-state index >= 15 is 0 Å². The minimum atomic E-state index is -4.16. The number of halogens is 1. The Morgan fingerprint density at radius 3 is 2.76 bits per heavy atom. The Morgan fingerprint density at radius 2 is 2.14 bits per heavy atom. The molecule has 1 aliphatic heterocycles. The van der Waals surface area contributed by atoms with Gasteiger partial charge in [-0.1, -0.05) is 12.5 Å². The number of nitrogens with two attached hydrogens (primary N) is 1. The van der Waals surface area contributed by atoms with Crippen molar-refractivity contribution in [3.63, 3.8) is 0 Å². The minimum Gasteiger partial charge on any atom is -0.398 e. The second-order valence-electron chi connectivity index (χ2n) is 4.90. The van der Waals surface area contributed by atoms with Gasteiger partial charge in [0.2, 0.25) is 15.9 Å². The zero-order valence-corrected chi connectivity index (χ0v) is 12.5. The molecule has 1 heterocycles. The van der Waals surface area contributed by atoms with Gasteiger partial charge in [0.25, 0.3) is 0 Å². The summed E-state index contributed by atoms with van der Waals surface area (Å²) in [4.78, 5) is 11.3. The summed E-state index contributed by atoms with van der Waals surface area (Å²) in [5.74, 6) is -1.30. The lowest BCUT2D eigenvalue weighted by Crippen LogP contribution is -2.51. The third kappa shape index (κ3) is 2.86. The highest BCUT2D eigenvalue weighted by molar-refractivity contribution is 7.89. The number of rotatable bonds is 3. The Morgan fingerprint density at radius 1 is 1.43 bits per heavy atom. The molecule has 1 aromatic rings. The largest absolute Gasteiger partial charge is 0.398 e. The van der Waals surface area contributed by atoms with E-state index in [-0.39, 0.29) is 12.2 Å². The van der Waals surface area contributed by atoms with Crippen LogP contribution in [0.15, 0.2) is 23.1 Å². The molecule has 1 aromatic carbocycles. The number of anilines is 1. The molecule has 0 spiro atoms. The number of sulfonamides is 1. The molecule has 1 saturated heterocycles. The molecule has 0 aromatic heterocycles. The summed E-state index contributed by atoms with van der Waals surface area (Å²) < 4.78 is 40.3. The van der Waals surface area contributed by atoms with Crippen molar-refractivity contribution in [2.75, 3.05) is 19.3 Å². The second kappa shape index (κ2) is 5.98. The van der Waals surface area contributed by atoms with Gasteiger partial charge in [0.1, 0.15) is 16.8 Å². The number of nitrogens with one attached hydrogen (secondary N) is 1. The highest BCUT2D eigenvalue weighted by Gasteiger charge is 2.39. The van der Waals surface area contributed by atoms with Crippen LogP contribution in [-0.4, -0.2) is 38.3 Å². The fourth-order valence-corrected chi connectivity index (χ4v) is 4.36. The van der Waals surface area contributed by atoms with E-state index in [4.69, 9.17) is 5.73 Å². The lowest BCUT2D eigenvalue weighted by molar-refractivity contribution is -0.125. The van der Waals surface area contributed by atoms with E-state index in [9.17, 15) is 17.6 Å². The number of carbonyl (C=O) groups is 1. The van der Waals surface area contributed by atoms with Crippen molar-refractivity contribution in [2.45, 2.75) is 30.2 Å². The van der Waals surface area contributed by atoms with Crippen molar-refractivity contribution in [1.82, 2.24) is 9.62 Å². The Balaban J connectivity index is 2.48. The number of hydrogen-bond acceptors (Lipinski definition) is 4. The number of piperidine rings is 1. The molecule has 1 amide bonds. The molecule has 0 aliphatic carbocycles. The van der Waals surface area contributed by atoms with Crippen molar-refractivity contribution in [2.24, 2.45) is 0 Å². The third-order valence-corrected chi connectivity index (χ3v) is 5.57. The van der Waals surface area contributed by atoms with Crippen LogP contribution in [0.1, 0.15) is 19.3 Å². The van der Waals surface area contributed by atoms with E-state index in [1.165, 1.54) is 19.2 Å². The van der Waals surface area contributed by atoms with Gasteiger partial charge in [-0.15, -0.1) is 0 Å². The molecule has 0 saturated carbocycles. The molecule has 1 unspecified atom stereocenters. The smallest absolute Gasteiger partial charge is 0.248 e. The normalized spacial score (nSPS) is 20.2. The first-order valence-electron chi connectivity index (χ1n) is 6.67. The number of nitrogens with zero attached hydrogens (tertiary/aromatic N) is 1. The van der Waals surface area contributed by atoms with Crippen LogP contribution in [0.2, 0.25) is 0 Å². The lowest BCUT2D eigenvalue weighted by Gasteiger charge is -2.33. The third-order valence-electron chi connectivity index (χ3n) is 3.57. The van der Waals surface area contributed by atoms with Crippen LogP contribution in [0, 0.1) is 5.82 Å². The van der Waals surface area contributed by atoms with Crippen LogP contribution in [0.4, 0.5) is 10.1 Å². The summed E-state index contributed by atoms with van der Waals surface area (Å²) in [6, 6.07) is 2.89. The van der Waals surface area contributed by atoms with Gasteiger partial charge in [-0.2, -0.15) is 4.31 Å². The molecule has 1 aliphatic rings. The first-order chi connectivity index (χ1) is 9.89. The Labute approximate surface area is 123 Å². The molecule has 0 bridgehead atoms. The molecule has 8 heteroatoms. The van der Waals surface area contributed by atoms with Crippen molar-refractivity contribution in [3.05, 3.63) is 24.0 Å². The van der Waals surface area contributed by atoms with Gasteiger partial charge in [-0.25, -0.2) is 12.8 Å². The highest BCUT2D eigenvalue weighted by Crippen LogP contribution is 2.30. The van der Waals surface area contributed by atoms with Crippen LogP contribution in [-0.2, 0) is 14.8 Å². The van der Waals surface area contributed by atoms with Crippen LogP contribution < -0.4 is 11.1 Å². The summed E-state index contributed by atoms with van der Waals surface area (Å²) in [5.41, 5.74) is 5.47. The van der Waals surface area contributed by atoms with Crippen LogP contribution in [0.25, 0.3) is 0 Å². The van der Waals surface area contributed by atoms with E-state index < -0.39 is 32.7 Å². The maximum atomic E-state index is 13.9. The minimum absolute atomic E-state index is 0.156. The molecule has 6 nitrogen and oxygen atoms in total. The van der Waals surface area contributed by atoms with Gasteiger partial charge in [-0.3, -0.25) is 4.79 Å². The van der Waals surface area contributed by atoms with Gasteiger partial charge in [0.15, 0.2) is 0 Å². The van der Waals surface area contributed by atoms with E-state index in [1.54, 1.807) is 0 Å². The maximum absolute atomic E-state index is 13.9. The Bertz CT molecular complexity index is 628. The molecule has 21 heavy (non-hydrogen) atoms. The molecule has 3 N–H and O–H groups in total. The molecule has 1 fully saturated rings. The number of carbonyl (C=O) groups excluding carboxylic acids is 1. The number of hydrogen-bond donors (Lipinski definition) is 2. The zero-order chi connectivity index (χ0) is 15.6. The second-order valence-corrected chi connectivity index (χ2v) is 6.73. The summed E-state index contributed by atoms with van der Waals surface area (Å²) in [6.07, 6.45) is 1.78. The predicted molar refractivity (Wildman–Crippen MR) is 76.4 cm³/mol. The van der Waals surface area contributed by atoms with E-state index in [0.29, 0.717) is 12.8 Å². The quantitative estimate of drug-likeness (QED) is 0.803. The number of benzene rings is 1. The van der Waals surface area contributed by atoms with Gasteiger partial charge < -0.3 is 11.1 Å². The fourth-order valence-electron chi connectivity index (χ4n) is 2.54. The lowest BCUT2D eigenvalue weighted by atomic mass is 10.0. The Hall–Kier alpha value is -1.67. The van der Waals surface area contributed by atoms with Crippen LogP contribution in [0.3, 0.4) is 0 Å². The van der Waals surface area contributed by atoms with Crippen molar-refractivity contribution < 1.29 is 17.6 Å². The topological polar surface area (TPSA) is 92.5 Å². The van der Waals surface area contributed by atoms with Gasteiger partial charge >= 0.3 is 0 Å². The van der Waals surface area contributed by atoms with Gasteiger partial charge in [0, 0.05) is 13.6 Å². The van der Waals surface area contributed by atoms with Gasteiger partial charge in [0.05, 0.1) is 5.69 Å². The number of likely N-dealkylation sites (N-methyl/N-ethyl adjacent to an activating group) is 1. The molecular weight excluding hydrogens is 297 g/mol. The summed E-state index contributed by atoms with van der Waals surface area (Å²) in [5, 5.41) is 2.45. The van der Waals surface area contributed by atoms with Gasteiger partial charge in [-0.05, 0) is 25.0 Å². The standard InChI is InChI=1S/C13H18FN3O3S/c1-16-13(18)11-7-2-3-8-17(11)21(19,20)12-9(14)5-4-6-10(12)15/h4-6,11H,2-3,7-8,15H2,1H3,(H,16,18). The van der Waals surface area contributed by atoms with Crippen LogP contribution >= 0.6 is 0 Å². The summed E-state index contributed by atoms with van der Waals surface area (Å²) >= 11 is 0. The summed E-state index contributed by atoms with van der Waals surface area (Å²) in [6.45, 7) is 0.175. The van der Waals surface area contributed by atoms with Crippen molar-refractivity contribution in [1.29, 1.82) is 0 Å². The van der Waals surface area contributed by atoms with E-state index in [0.717, 1.165) is 16.8 Å². The summed E-state index contributed by atoms with van der Waals surface area (Å²) in [7, 11) is -2.71. The Kier molecular flexibility index (Phi) is 4.48. The maximum Gasteiger partial charge on any atom is 0.248 e. The van der Waals surface area contributed by atoms with E-state index in [1.807, 2.05) is 0 Å². The molecule has 1 atom stereocenters. The molecule has 2 rings (SSSR count).